The van der Waals surface area contributed by atoms with Gasteiger partial charge in [0.25, 0.3) is 0 Å². The van der Waals surface area contributed by atoms with E-state index in [9.17, 15) is 9.59 Å². The maximum Gasteiger partial charge on any atom is 0.238 e. The summed E-state index contributed by atoms with van der Waals surface area (Å²) in [6.07, 6.45) is 0. The summed E-state index contributed by atoms with van der Waals surface area (Å²) in [5, 5.41) is -0.111. The maximum absolute atomic E-state index is 12.4. The van der Waals surface area contributed by atoms with Crippen molar-refractivity contribution in [2.24, 2.45) is 0 Å². The van der Waals surface area contributed by atoms with Crippen LogP contribution in [0.4, 0.5) is 5.69 Å². The minimum Gasteiger partial charge on any atom is -0.495 e. The van der Waals surface area contributed by atoms with E-state index in [1.54, 1.807) is 42.8 Å². The zero-order valence-electron chi connectivity index (χ0n) is 13.0. The largest absolute Gasteiger partial charge is 0.495 e. The van der Waals surface area contributed by atoms with Crippen LogP contribution in [0, 0.1) is 0 Å². The number of nitrogens with zero attached hydrogens (tertiary/aromatic N) is 1. The molecular formula is C18H17NO3S. The number of Topliss-reactive ketones (excluding diaryl/α,β-unsaturated/α-hetero) is 1. The van der Waals surface area contributed by atoms with Gasteiger partial charge in [-0.15, -0.1) is 11.8 Å². The topological polar surface area (TPSA) is 46.6 Å². The lowest BCUT2D eigenvalue weighted by Crippen LogP contribution is -2.28. The second-order valence-electron chi connectivity index (χ2n) is 5.28. The summed E-state index contributed by atoms with van der Waals surface area (Å²) >= 11 is 1.58. The van der Waals surface area contributed by atoms with Crippen molar-refractivity contribution in [3.63, 3.8) is 0 Å². The highest BCUT2D eigenvalue weighted by atomic mass is 32.2. The van der Waals surface area contributed by atoms with Crippen LogP contribution in [0.3, 0.4) is 0 Å². The third kappa shape index (κ3) is 2.97. The first-order chi connectivity index (χ1) is 11.1. The van der Waals surface area contributed by atoms with Crippen LogP contribution >= 0.6 is 11.8 Å². The van der Waals surface area contributed by atoms with Gasteiger partial charge in [-0.1, -0.05) is 36.4 Å². The summed E-state index contributed by atoms with van der Waals surface area (Å²) < 4.78 is 5.39. The molecule has 1 amide bonds. The Hall–Kier alpha value is -2.27. The second-order valence-corrected chi connectivity index (χ2v) is 6.35. The van der Waals surface area contributed by atoms with Crippen molar-refractivity contribution >= 4 is 29.1 Å². The third-order valence-corrected chi connectivity index (χ3v) is 5.03. The van der Waals surface area contributed by atoms with Crippen molar-refractivity contribution in [3.8, 4) is 5.75 Å². The number of methoxy groups -OCH3 is 1. The summed E-state index contributed by atoms with van der Waals surface area (Å²) in [6.45, 7) is 1.55. The highest BCUT2D eigenvalue weighted by Gasteiger charge is 2.35. The van der Waals surface area contributed by atoms with Gasteiger partial charge in [-0.05, 0) is 24.6 Å². The van der Waals surface area contributed by atoms with Gasteiger partial charge in [0.05, 0.1) is 18.6 Å². The van der Waals surface area contributed by atoms with Gasteiger partial charge in [-0.2, -0.15) is 0 Å². The van der Waals surface area contributed by atoms with E-state index in [2.05, 4.69) is 0 Å². The zero-order valence-corrected chi connectivity index (χ0v) is 13.8. The molecule has 4 nitrogen and oxygen atoms in total. The normalized spacial score (nSPS) is 17.4. The number of benzene rings is 2. The number of thioether (sulfide) groups is 1. The number of amides is 1. The molecule has 0 saturated carbocycles. The van der Waals surface area contributed by atoms with E-state index < -0.39 is 0 Å². The Morgan fingerprint density at radius 1 is 1.17 bits per heavy atom. The molecule has 1 atom stereocenters. The van der Waals surface area contributed by atoms with Gasteiger partial charge in [-0.25, -0.2) is 0 Å². The second kappa shape index (κ2) is 6.46. The molecule has 0 spiro atoms. The van der Waals surface area contributed by atoms with Crippen LogP contribution in [0.2, 0.25) is 0 Å². The van der Waals surface area contributed by atoms with Crippen LogP contribution in [0.15, 0.2) is 48.5 Å². The van der Waals surface area contributed by atoms with Crippen molar-refractivity contribution in [1.82, 2.24) is 0 Å². The van der Waals surface area contributed by atoms with Crippen LogP contribution in [0.1, 0.15) is 28.2 Å². The molecule has 1 aliphatic rings. The first-order valence-electron chi connectivity index (χ1n) is 7.29. The van der Waals surface area contributed by atoms with E-state index in [0.717, 1.165) is 11.3 Å². The number of rotatable bonds is 4. The van der Waals surface area contributed by atoms with Crippen molar-refractivity contribution < 1.29 is 14.3 Å². The standard InChI is InChI=1S/C18H17NO3S/c1-12(20)13-7-9-14(10-8-13)18-19(17(21)11-23-18)15-5-3-4-6-16(15)22-2/h3-10,18H,11H2,1-2H3. The third-order valence-electron chi connectivity index (χ3n) is 3.81. The van der Waals surface area contributed by atoms with E-state index in [4.69, 9.17) is 4.74 Å². The van der Waals surface area contributed by atoms with Crippen molar-refractivity contribution in [1.29, 1.82) is 0 Å². The van der Waals surface area contributed by atoms with Crippen molar-refractivity contribution in [2.45, 2.75) is 12.3 Å². The summed E-state index contributed by atoms with van der Waals surface area (Å²) in [5.74, 6) is 1.19. The lowest BCUT2D eigenvalue weighted by Gasteiger charge is -2.26. The Morgan fingerprint density at radius 3 is 2.52 bits per heavy atom. The summed E-state index contributed by atoms with van der Waals surface area (Å²) in [6, 6.07) is 14.9. The highest BCUT2D eigenvalue weighted by molar-refractivity contribution is 8.00. The predicted molar refractivity (Wildman–Crippen MR) is 92.1 cm³/mol. The maximum atomic E-state index is 12.4. The molecule has 0 aliphatic carbocycles. The molecule has 1 fully saturated rings. The Bertz CT molecular complexity index is 742. The summed E-state index contributed by atoms with van der Waals surface area (Å²) in [7, 11) is 1.60. The number of hydrogen-bond donors (Lipinski definition) is 0. The lowest BCUT2D eigenvalue weighted by atomic mass is 10.1. The molecule has 1 saturated heterocycles. The Morgan fingerprint density at radius 2 is 1.87 bits per heavy atom. The van der Waals surface area contributed by atoms with Crippen LogP contribution in [0.5, 0.6) is 5.75 Å². The van der Waals surface area contributed by atoms with Crippen LogP contribution < -0.4 is 9.64 Å². The van der Waals surface area contributed by atoms with Crippen LogP contribution in [0.25, 0.3) is 0 Å². The minimum atomic E-state index is -0.111. The Kier molecular flexibility index (Phi) is 4.39. The van der Waals surface area contributed by atoms with Gasteiger partial charge in [0.2, 0.25) is 5.91 Å². The molecule has 5 heteroatoms. The number of anilines is 1. The molecule has 1 aliphatic heterocycles. The molecule has 2 aromatic rings. The number of carbonyl (C=O) groups excluding carboxylic acids is 2. The molecule has 1 unspecified atom stereocenters. The first-order valence-corrected chi connectivity index (χ1v) is 8.34. The van der Waals surface area contributed by atoms with E-state index in [0.29, 0.717) is 17.1 Å². The molecule has 3 rings (SSSR count). The van der Waals surface area contributed by atoms with E-state index in [1.807, 2.05) is 36.4 Å². The predicted octanol–water partition coefficient (Wildman–Crippen LogP) is 3.68. The smallest absolute Gasteiger partial charge is 0.238 e. The highest BCUT2D eigenvalue weighted by Crippen LogP contribution is 2.44. The van der Waals surface area contributed by atoms with E-state index in [1.165, 1.54) is 0 Å². The molecule has 23 heavy (non-hydrogen) atoms. The van der Waals surface area contributed by atoms with Gasteiger partial charge in [0.1, 0.15) is 11.1 Å². The average Bonchev–Trinajstić information content (AvgIpc) is 2.96. The van der Waals surface area contributed by atoms with E-state index >= 15 is 0 Å². The number of ether oxygens (including phenoxy) is 1. The SMILES string of the molecule is COc1ccccc1N1C(=O)CSC1c1ccc(C(C)=O)cc1. The number of para-hydroxylation sites is 2. The van der Waals surface area contributed by atoms with Gasteiger partial charge in [-0.3, -0.25) is 14.5 Å². The zero-order chi connectivity index (χ0) is 16.4. The molecule has 0 radical (unpaired) electrons. The van der Waals surface area contributed by atoms with Crippen molar-refractivity contribution in [2.75, 3.05) is 17.8 Å². The number of hydrogen-bond acceptors (Lipinski definition) is 4. The monoisotopic (exact) mass is 327 g/mol. The quantitative estimate of drug-likeness (QED) is 0.804. The van der Waals surface area contributed by atoms with Gasteiger partial charge >= 0.3 is 0 Å². The van der Waals surface area contributed by atoms with E-state index in [-0.39, 0.29) is 17.1 Å². The molecule has 0 N–H and O–H groups in total. The first kappa shape index (κ1) is 15.6. The van der Waals surface area contributed by atoms with Gasteiger partial charge < -0.3 is 4.74 Å². The number of ketones is 1. The fourth-order valence-electron chi connectivity index (χ4n) is 2.64. The summed E-state index contributed by atoms with van der Waals surface area (Å²) in [5.41, 5.74) is 2.44. The number of carbonyl (C=O) groups is 2. The fraction of sp³-hybridized carbons (Fsp3) is 0.222. The van der Waals surface area contributed by atoms with Crippen LogP contribution in [-0.2, 0) is 4.79 Å². The molecule has 0 bridgehead atoms. The van der Waals surface area contributed by atoms with Gasteiger partial charge in [0.15, 0.2) is 5.78 Å². The van der Waals surface area contributed by atoms with Crippen molar-refractivity contribution in [3.05, 3.63) is 59.7 Å². The van der Waals surface area contributed by atoms with Gasteiger partial charge in [0, 0.05) is 5.56 Å². The molecule has 0 aromatic heterocycles. The fourth-order valence-corrected chi connectivity index (χ4v) is 3.81. The average molecular weight is 327 g/mol. The minimum absolute atomic E-state index is 0.0355. The summed E-state index contributed by atoms with van der Waals surface area (Å²) in [4.78, 5) is 25.6. The Labute approximate surface area is 139 Å². The Balaban J connectivity index is 1.98. The molecule has 118 valence electrons. The van der Waals surface area contributed by atoms with Crippen LogP contribution in [-0.4, -0.2) is 24.6 Å². The molecule has 2 aromatic carbocycles. The lowest BCUT2D eigenvalue weighted by molar-refractivity contribution is -0.115. The molecular weight excluding hydrogens is 310 g/mol. The molecule has 1 heterocycles.